The third-order valence-corrected chi connectivity index (χ3v) is 2.88. The molecule has 2 aromatic rings. The third-order valence-electron chi connectivity index (χ3n) is 2.54. The highest BCUT2D eigenvalue weighted by Gasteiger charge is 1.99. The fourth-order valence-electron chi connectivity index (χ4n) is 1.65. The van der Waals surface area contributed by atoms with Crippen LogP contribution in [0, 0.1) is 11.7 Å². The van der Waals surface area contributed by atoms with Gasteiger partial charge in [0.05, 0.1) is 0 Å². The van der Waals surface area contributed by atoms with Crippen molar-refractivity contribution in [1.29, 1.82) is 0 Å². The molecule has 0 saturated carbocycles. The Morgan fingerprint density at radius 2 is 2.00 bits per heavy atom. The van der Waals surface area contributed by atoms with Crippen molar-refractivity contribution in [3.63, 3.8) is 0 Å². The van der Waals surface area contributed by atoms with Gasteiger partial charge in [0.15, 0.2) is 4.77 Å². The molecule has 0 fully saturated rings. The van der Waals surface area contributed by atoms with E-state index < -0.39 is 0 Å². The van der Waals surface area contributed by atoms with E-state index >= 15 is 0 Å². The third kappa shape index (κ3) is 2.36. The van der Waals surface area contributed by atoms with Crippen LogP contribution in [0.5, 0.6) is 0 Å². The Morgan fingerprint density at radius 1 is 1.27 bits per heavy atom. The van der Waals surface area contributed by atoms with E-state index in [1.165, 1.54) is 11.3 Å². The zero-order valence-electron chi connectivity index (χ0n) is 8.73. The second-order valence-electron chi connectivity index (χ2n) is 3.62. The molecule has 0 unspecified atom stereocenters. The van der Waals surface area contributed by atoms with Crippen molar-refractivity contribution in [2.45, 2.75) is 19.9 Å². The van der Waals surface area contributed by atoms with Gasteiger partial charge in [0.2, 0.25) is 0 Å². The average Bonchev–Trinajstić information content (AvgIpc) is 2.58. The SMILES string of the molecule is Cc1c[nH]c(=S)n1CCc1ccccc1. The molecule has 0 bridgehead atoms. The van der Waals surface area contributed by atoms with Crippen LogP contribution in [0.2, 0.25) is 0 Å². The van der Waals surface area contributed by atoms with Gasteiger partial charge in [-0.2, -0.15) is 0 Å². The Balaban J connectivity index is 2.09. The Bertz CT molecular complexity index is 482. The van der Waals surface area contributed by atoms with Gasteiger partial charge in [-0.3, -0.25) is 0 Å². The Morgan fingerprint density at radius 3 is 2.60 bits per heavy atom. The number of aryl methyl sites for hydroxylation is 2. The van der Waals surface area contributed by atoms with E-state index in [-0.39, 0.29) is 0 Å². The van der Waals surface area contributed by atoms with Gasteiger partial charge in [-0.25, -0.2) is 0 Å². The maximum Gasteiger partial charge on any atom is 0.177 e. The normalized spacial score (nSPS) is 10.5. The monoisotopic (exact) mass is 218 g/mol. The van der Waals surface area contributed by atoms with Gasteiger partial charge in [0, 0.05) is 18.4 Å². The van der Waals surface area contributed by atoms with Gasteiger partial charge in [-0.05, 0) is 31.1 Å². The summed E-state index contributed by atoms with van der Waals surface area (Å²) < 4.78 is 2.94. The van der Waals surface area contributed by atoms with Gasteiger partial charge in [-0.15, -0.1) is 0 Å². The summed E-state index contributed by atoms with van der Waals surface area (Å²) in [6.45, 7) is 3.01. The molecule has 0 atom stereocenters. The molecule has 0 aliphatic heterocycles. The first kappa shape index (κ1) is 10.2. The van der Waals surface area contributed by atoms with Crippen molar-refractivity contribution in [1.82, 2.24) is 9.55 Å². The van der Waals surface area contributed by atoms with Crippen molar-refractivity contribution >= 4 is 12.2 Å². The Labute approximate surface area is 94.6 Å². The molecule has 15 heavy (non-hydrogen) atoms. The standard InChI is InChI=1S/C12H14N2S/c1-10-9-13-12(15)14(10)8-7-11-5-3-2-4-6-11/h2-6,9H,7-8H2,1H3,(H,13,15). The number of aromatic nitrogens is 2. The summed E-state index contributed by atoms with van der Waals surface area (Å²) in [6.07, 6.45) is 2.97. The summed E-state index contributed by atoms with van der Waals surface area (Å²) in [5.41, 5.74) is 2.54. The van der Waals surface area contributed by atoms with Gasteiger partial charge in [0.1, 0.15) is 0 Å². The van der Waals surface area contributed by atoms with Crippen molar-refractivity contribution in [2.24, 2.45) is 0 Å². The molecule has 1 N–H and O–H groups in total. The molecule has 0 spiro atoms. The van der Waals surface area contributed by atoms with Crippen LogP contribution in [-0.4, -0.2) is 9.55 Å². The molecule has 1 aromatic carbocycles. The van der Waals surface area contributed by atoms with Crippen LogP contribution in [0.4, 0.5) is 0 Å². The summed E-state index contributed by atoms with van der Waals surface area (Å²) in [7, 11) is 0. The van der Waals surface area contributed by atoms with Crippen LogP contribution in [-0.2, 0) is 13.0 Å². The minimum Gasteiger partial charge on any atom is -0.337 e. The minimum absolute atomic E-state index is 0.809. The molecular formula is C12H14N2S. The van der Waals surface area contributed by atoms with Gasteiger partial charge >= 0.3 is 0 Å². The molecule has 0 aliphatic rings. The topological polar surface area (TPSA) is 20.7 Å². The summed E-state index contributed by atoms with van der Waals surface area (Å²) in [4.78, 5) is 3.05. The lowest BCUT2D eigenvalue weighted by atomic mass is 10.1. The fraction of sp³-hybridized carbons (Fsp3) is 0.250. The number of rotatable bonds is 3. The van der Waals surface area contributed by atoms with Gasteiger partial charge < -0.3 is 9.55 Å². The maximum absolute atomic E-state index is 5.20. The van der Waals surface area contributed by atoms with Crippen molar-refractivity contribution < 1.29 is 0 Å². The number of hydrogen-bond donors (Lipinski definition) is 1. The predicted octanol–water partition coefficient (Wildman–Crippen LogP) is 3.10. The zero-order chi connectivity index (χ0) is 10.7. The molecule has 0 radical (unpaired) electrons. The Hall–Kier alpha value is -1.35. The maximum atomic E-state index is 5.20. The Kier molecular flexibility index (Phi) is 3.02. The molecule has 0 aliphatic carbocycles. The molecule has 2 nitrogen and oxygen atoms in total. The lowest BCUT2D eigenvalue weighted by Crippen LogP contribution is -2.03. The highest BCUT2D eigenvalue weighted by molar-refractivity contribution is 7.71. The number of H-pyrrole nitrogens is 1. The first-order chi connectivity index (χ1) is 7.27. The van der Waals surface area contributed by atoms with E-state index in [1.54, 1.807) is 0 Å². The molecule has 0 amide bonds. The second kappa shape index (κ2) is 4.45. The molecule has 3 heteroatoms. The molecule has 1 aromatic heterocycles. The van der Waals surface area contributed by atoms with Gasteiger partial charge in [0.25, 0.3) is 0 Å². The lowest BCUT2D eigenvalue weighted by Gasteiger charge is -2.05. The van der Waals surface area contributed by atoms with Crippen molar-refractivity contribution in [2.75, 3.05) is 0 Å². The number of benzene rings is 1. The van der Waals surface area contributed by atoms with E-state index in [9.17, 15) is 0 Å². The van der Waals surface area contributed by atoms with Crippen LogP contribution < -0.4 is 0 Å². The number of hydrogen-bond acceptors (Lipinski definition) is 1. The number of imidazole rings is 1. The summed E-state index contributed by atoms with van der Waals surface area (Å²) in [5.74, 6) is 0. The minimum atomic E-state index is 0.809. The molecule has 1 heterocycles. The van der Waals surface area contributed by atoms with E-state index in [0.29, 0.717) is 0 Å². The largest absolute Gasteiger partial charge is 0.337 e. The number of nitrogens with zero attached hydrogens (tertiary/aromatic N) is 1. The van der Waals surface area contributed by atoms with Crippen LogP contribution in [0.3, 0.4) is 0 Å². The van der Waals surface area contributed by atoms with E-state index in [1.807, 2.05) is 12.3 Å². The first-order valence-electron chi connectivity index (χ1n) is 5.06. The van der Waals surface area contributed by atoms with Gasteiger partial charge in [-0.1, -0.05) is 30.3 Å². The number of aromatic amines is 1. The molecular weight excluding hydrogens is 204 g/mol. The summed E-state index contributed by atoms with van der Waals surface area (Å²) in [6, 6.07) is 10.5. The lowest BCUT2D eigenvalue weighted by molar-refractivity contribution is 0.669. The fourth-order valence-corrected chi connectivity index (χ4v) is 1.94. The van der Waals surface area contributed by atoms with Crippen molar-refractivity contribution in [3.05, 3.63) is 52.6 Å². The highest BCUT2D eigenvalue weighted by atomic mass is 32.1. The van der Waals surface area contributed by atoms with Crippen LogP contribution in [0.25, 0.3) is 0 Å². The zero-order valence-corrected chi connectivity index (χ0v) is 9.55. The smallest absolute Gasteiger partial charge is 0.177 e. The van der Waals surface area contributed by atoms with E-state index in [0.717, 1.165) is 17.7 Å². The average molecular weight is 218 g/mol. The van der Waals surface area contributed by atoms with E-state index in [2.05, 4.69) is 40.7 Å². The second-order valence-corrected chi connectivity index (χ2v) is 4.01. The summed E-state index contributed by atoms with van der Waals surface area (Å²) in [5, 5.41) is 0. The first-order valence-corrected chi connectivity index (χ1v) is 5.47. The van der Waals surface area contributed by atoms with Crippen LogP contribution in [0.15, 0.2) is 36.5 Å². The summed E-state index contributed by atoms with van der Waals surface area (Å²) >= 11 is 5.20. The van der Waals surface area contributed by atoms with E-state index in [4.69, 9.17) is 12.2 Å². The van der Waals surface area contributed by atoms with Crippen LogP contribution in [0.1, 0.15) is 11.3 Å². The predicted molar refractivity (Wildman–Crippen MR) is 64.5 cm³/mol. The molecule has 0 saturated heterocycles. The molecule has 78 valence electrons. The highest BCUT2D eigenvalue weighted by Crippen LogP contribution is 2.05. The number of nitrogens with one attached hydrogen (secondary N) is 1. The quantitative estimate of drug-likeness (QED) is 0.785. The molecule has 2 rings (SSSR count). The van der Waals surface area contributed by atoms with Crippen LogP contribution >= 0.6 is 12.2 Å². The van der Waals surface area contributed by atoms with Crippen molar-refractivity contribution in [3.8, 4) is 0 Å².